The number of hydrogen-bond acceptors (Lipinski definition) is 2. The molecule has 0 aliphatic heterocycles. The van der Waals surface area contributed by atoms with Crippen LogP contribution in [0.1, 0.15) is 37.3 Å². The Morgan fingerprint density at radius 2 is 1.62 bits per heavy atom. The fraction of sp³-hybridized carbons (Fsp3) is 0.368. The molecule has 1 unspecified atom stereocenters. The van der Waals surface area contributed by atoms with Gasteiger partial charge in [-0.15, -0.1) is 0 Å². The monoisotopic (exact) mass is 281 g/mol. The van der Waals surface area contributed by atoms with Gasteiger partial charge in [0.25, 0.3) is 0 Å². The zero-order chi connectivity index (χ0) is 14.7. The zero-order valence-corrected chi connectivity index (χ0v) is 12.6. The number of rotatable bonds is 5. The van der Waals surface area contributed by atoms with Gasteiger partial charge in [-0.2, -0.15) is 0 Å². The molecule has 3 rings (SSSR count). The highest BCUT2D eigenvalue weighted by Gasteiger charge is 2.38. The number of nitrogens with two attached hydrogens (primary N) is 1. The van der Waals surface area contributed by atoms with E-state index in [0.717, 1.165) is 19.3 Å². The molecule has 1 atom stereocenters. The summed E-state index contributed by atoms with van der Waals surface area (Å²) in [4.78, 5) is 0. The van der Waals surface area contributed by atoms with Crippen LogP contribution in [0.25, 0.3) is 11.1 Å². The Hall–Kier alpha value is -1.64. The standard InChI is InChI=1S/C19H23NO/c1-21-19(12-5-13-19)14-18(20)17-10-8-16(9-11-17)15-6-3-2-4-7-15/h2-4,6-11,18H,5,12-14,20H2,1H3. The van der Waals surface area contributed by atoms with Crippen LogP contribution in [0.3, 0.4) is 0 Å². The molecule has 21 heavy (non-hydrogen) atoms. The molecule has 1 fully saturated rings. The molecule has 1 aliphatic carbocycles. The lowest BCUT2D eigenvalue weighted by atomic mass is 9.75. The largest absolute Gasteiger partial charge is 0.378 e. The van der Waals surface area contributed by atoms with Crippen molar-refractivity contribution in [2.24, 2.45) is 5.73 Å². The molecule has 2 heteroatoms. The van der Waals surface area contributed by atoms with Crippen molar-refractivity contribution in [3.8, 4) is 11.1 Å². The second-order valence-corrected chi connectivity index (χ2v) is 6.04. The minimum absolute atomic E-state index is 0.0253. The van der Waals surface area contributed by atoms with E-state index in [1.54, 1.807) is 0 Å². The molecular weight excluding hydrogens is 258 g/mol. The fourth-order valence-electron chi connectivity index (χ4n) is 3.13. The van der Waals surface area contributed by atoms with Gasteiger partial charge >= 0.3 is 0 Å². The molecule has 0 radical (unpaired) electrons. The van der Waals surface area contributed by atoms with E-state index in [1.807, 2.05) is 13.2 Å². The normalized spacial score (nSPS) is 18.0. The van der Waals surface area contributed by atoms with Crippen molar-refractivity contribution in [2.75, 3.05) is 7.11 Å². The Balaban J connectivity index is 1.72. The van der Waals surface area contributed by atoms with Crippen LogP contribution in [0.4, 0.5) is 0 Å². The van der Waals surface area contributed by atoms with Crippen LogP contribution >= 0.6 is 0 Å². The summed E-state index contributed by atoms with van der Waals surface area (Å²) in [6.45, 7) is 0. The van der Waals surface area contributed by atoms with Crippen LogP contribution in [0, 0.1) is 0 Å². The van der Waals surface area contributed by atoms with Crippen molar-refractivity contribution >= 4 is 0 Å². The molecule has 0 spiro atoms. The molecule has 2 aromatic rings. The van der Waals surface area contributed by atoms with Gasteiger partial charge in [0.15, 0.2) is 0 Å². The summed E-state index contributed by atoms with van der Waals surface area (Å²) in [5.41, 5.74) is 10.1. The van der Waals surface area contributed by atoms with Crippen molar-refractivity contribution in [1.29, 1.82) is 0 Å². The second kappa shape index (κ2) is 6.00. The van der Waals surface area contributed by atoms with Gasteiger partial charge in [0.1, 0.15) is 0 Å². The summed E-state index contributed by atoms with van der Waals surface area (Å²) >= 11 is 0. The first-order valence-corrected chi connectivity index (χ1v) is 7.69. The van der Waals surface area contributed by atoms with E-state index in [4.69, 9.17) is 10.5 Å². The molecule has 1 aliphatic rings. The third kappa shape index (κ3) is 3.02. The maximum atomic E-state index is 6.37. The van der Waals surface area contributed by atoms with Crippen molar-refractivity contribution in [2.45, 2.75) is 37.3 Å². The van der Waals surface area contributed by atoms with E-state index in [0.29, 0.717) is 0 Å². The summed E-state index contributed by atoms with van der Waals surface area (Å²) in [5.74, 6) is 0. The summed E-state index contributed by atoms with van der Waals surface area (Å²) < 4.78 is 5.68. The van der Waals surface area contributed by atoms with Crippen molar-refractivity contribution < 1.29 is 4.74 Å². The topological polar surface area (TPSA) is 35.2 Å². The zero-order valence-electron chi connectivity index (χ0n) is 12.6. The maximum absolute atomic E-state index is 6.37. The van der Waals surface area contributed by atoms with Crippen molar-refractivity contribution in [1.82, 2.24) is 0 Å². The summed E-state index contributed by atoms with van der Waals surface area (Å²) in [6.07, 6.45) is 4.44. The lowest BCUT2D eigenvalue weighted by Crippen LogP contribution is -2.41. The van der Waals surface area contributed by atoms with Crippen LogP contribution in [-0.2, 0) is 4.74 Å². The molecule has 2 N–H and O–H groups in total. The highest BCUT2D eigenvalue weighted by molar-refractivity contribution is 5.63. The first kappa shape index (κ1) is 14.3. The van der Waals surface area contributed by atoms with Crippen molar-refractivity contribution in [3.05, 3.63) is 60.2 Å². The molecule has 0 saturated heterocycles. The van der Waals surface area contributed by atoms with Gasteiger partial charge in [0, 0.05) is 13.2 Å². The third-order valence-corrected chi connectivity index (χ3v) is 4.74. The van der Waals surface area contributed by atoms with Crippen LogP contribution in [0.5, 0.6) is 0 Å². The Bertz CT molecular complexity index is 567. The molecule has 110 valence electrons. The first-order valence-electron chi connectivity index (χ1n) is 7.69. The van der Waals surface area contributed by atoms with Gasteiger partial charge in [-0.05, 0) is 42.4 Å². The Morgan fingerprint density at radius 1 is 1.00 bits per heavy atom. The number of ether oxygens (including phenoxy) is 1. The van der Waals surface area contributed by atoms with Crippen molar-refractivity contribution in [3.63, 3.8) is 0 Å². The number of hydrogen-bond donors (Lipinski definition) is 1. The Morgan fingerprint density at radius 3 is 2.14 bits per heavy atom. The Kier molecular flexibility index (Phi) is 4.09. The third-order valence-electron chi connectivity index (χ3n) is 4.74. The summed E-state index contributed by atoms with van der Waals surface area (Å²) in [5, 5.41) is 0. The van der Waals surface area contributed by atoms with E-state index < -0.39 is 0 Å². The maximum Gasteiger partial charge on any atom is 0.0696 e. The molecule has 2 nitrogen and oxygen atoms in total. The van der Waals surface area contributed by atoms with Crippen LogP contribution in [0.2, 0.25) is 0 Å². The summed E-state index contributed by atoms with van der Waals surface area (Å²) in [6, 6.07) is 19.1. The minimum atomic E-state index is 0.0253. The van der Waals surface area contributed by atoms with Gasteiger partial charge < -0.3 is 10.5 Å². The fourth-order valence-corrected chi connectivity index (χ4v) is 3.13. The van der Waals surface area contributed by atoms with Crippen LogP contribution < -0.4 is 5.73 Å². The predicted molar refractivity (Wildman–Crippen MR) is 87.0 cm³/mol. The van der Waals surface area contributed by atoms with Crippen LogP contribution in [-0.4, -0.2) is 12.7 Å². The van der Waals surface area contributed by atoms with Gasteiger partial charge in [0.2, 0.25) is 0 Å². The summed E-state index contributed by atoms with van der Waals surface area (Å²) in [7, 11) is 1.81. The van der Waals surface area contributed by atoms with Gasteiger partial charge in [-0.3, -0.25) is 0 Å². The average molecular weight is 281 g/mol. The molecule has 1 saturated carbocycles. The highest BCUT2D eigenvalue weighted by atomic mass is 16.5. The quantitative estimate of drug-likeness (QED) is 0.886. The molecule has 2 aromatic carbocycles. The van der Waals surface area contributed by atoms with Gasteiger partial charge in [-0.25, -0.2) is 0 Å². The highest BCUT2D eigenvalue weighted by Crippen LogP contribution is 2.41. The van der Waals surface area contributed by atoms with Crippen LogP contribution in [0.15, 0.2) is 54.6 Å². The number of benzene rings is 2. The molecule has 0 heterocycles. The predicted octanol–water partition coefficient (Wildman–Crippen LogP) is 4.31. The lowest BCUT2D eigenvalue weighted by Gasteiger charge is -2.42. The van der Waals surface area contributed by atoms with E-state index in [1.165, 1.54) is 23.1 Å². The SMILES string of the molecule is COC1(CC(N)c2ccc(-c3ccccc3)cc2)CCC1. The second-order valence-electron chi connectivity index (χ2n) is 6.04. The average Bonchev–Trinajstić information content (AvgIpc) is 2.52. The van der Waals surface area contributed by atoms with E-state index >= 15 is 0 Å². The molecular formula is C19H23NO. The smallest absolute Gasteiger partial charge is 0.0696 e. The van der Waals surface area contributed by atoms with Gasteiger partial charge in [0.05, 0.1) is 5.60 Å². The number of methoxy groups -OCH3 is 1. The van der Waals surface area contributed by atoms with E-state index in [2.05, 4.69) is 48.5 Å². The molecule has 0 bridgehead atoms. The molecule has 0 amide bonds. The Labute approximate surface area is 126 Å². The van der Waals surface area contributed by atoms with Gasteiger partial charge in [-0.1, -0.05) is 54.6 Å². The lowest BCUT2D eigenvalue weighted by molar-refractivity contribution is -0.0816. The molecule has 0 aromatic heterocycles. The van der Waals surface area contributed by atoms with E-state index in [-0.39, 0.29) is 11.6 Å². The minimum Gasteiger partial charge on any atom is -0.378 e. The first-order chi connectivity index (χ1) is 10.2. The van der Waals surface area contributed by atoms with E-state index in [9.17, 15) is 0 Å².